The van der Waals surface area contributed by atoms with Crippen LogP contribution in [0.25, 0.3) is 0 Å². The first-order valence-corrected chi connectivity index (χ1v) is 7.41. The molecule has 1 aliphatic heterocycles. The standard InChI is InChI=1S/C15H23NO5/c1-14(2,3)21-13(20)16-8-4-10(5-9-16)11(17)15(6-7-15)12(18)19/h10H,4-9H2,1-3H3,(H,18,19). The predicted molar refractivity (Wildman–Crippen MR) is 74.8 cm³/mol. The number of piperidine rings is 1. The summed E-state index contributed by atoms with van der Waals surface area (Å²) in [6, 6.07) is 0. The Morgan fingerprint density at radius 3 is 2.05 bits per heavy atom. The van der Waals surface area contributed by atoms with Crippen LogP contribution in [0.1, 0.15) is 46.5 Å². The fourth-order valence-corrected chi connectivity index (χ4v) is 2.73. The van der Waals surface area contributed by atoms with Crippen molar-refractivity contribution in [2.75, 3.05) is 13.1 Å². The number of Topliss-reactive ketones (excluding diaryl/α,β-unsaturated/α-hetero) is 1. The Balaban J connectivity index is 1.88. The summed E-state index contributed by atoms with van der Waals surface area (Å²) in [5.41, 5.74) is -1.66. The number of carbonyl (C=O) groups excluding carboxylic acids is 2. The Morgan fingerprint density at radius 1 is 1.14 bits per heavy atom. The van der Waals surface area contributed by atoms with Crippen LogP contribution >= 0.6 is 0 Å². The Bertz CT molecular complexity index is 453. The van der Waals surface area contributed by atoms with Crippen LogP contribution in [-0.4, -0.2) is 46.5 Å². The van der Waals surface area contributed by atoms with Gasteiger partial charge < -0.3 is 14.7 Å². The maximum atomic E-state index is 12.3. The van der Waals surface area contributed by atoms with E-state index in [2.05, 4.69) is 0 Å². The Labute approximate surface area is 124 Å². The summed E-state index contributed by atoms with van der Waals surface area (Å²) in [5.74, 6) is -1.40. The fraction of sp³-hybridized carbons (Fsp3) is 0.800. The van der Waals surface area contributed by atoms with E-state index in [0.717, 1.165) is 0 Å². The van der Waals surface area contributed by atoms with Gasteiger partial charge in [-0.25, -0.2) is 4.79 Å². The van der Waals surface area contributed by atoms with Crippen molar-refractivity contribution in [3.63, 3.8) is 0 Å². The summed E-state index contributed by atoms with van der Waals surface area (Å²) in [5, 5.41) is 9.17. The van der Waals surface area contributed by atoms with E-state index >= 15 is 0 Å². The average Bonchev–Trinajstić information content (AvgIpc) is 3.17. The summed E-state index contributed by atoms with van der Waals surface area (Å²) in [6.07, 6.45) is 1.58. The van der Waals surface area contributed by atoms with Crippen molar-refractivity contribution in [1.82, 2.24) is 4.90 Å². The third kappa shape index (κ3) is 3.36. The zero-order chi connectivity index (χ0) is 15.8. The SMILES string of the molecule is CC(C)(C)OC(=O)N1CCC(C(=O)C2(C(=O)O)CC2)CC1. The lowest BCUT2D eigenvalue weighted by atomic mass is 9.84. The minimum atomic E-state index is -1.13. The van der Waals surface area contributed by atoms with E-state index in [4.69, 9.17) is 9.84 Å². The number of hydrogen-bond donors (Lipinski definition) is 1. The molecule has 1 saturated carbocycles. The van der Waals surface area contributed by atoms with Crippen molar-refractivity contribution in [3.05, 3.63) is 0 Å². The number of hydrogen-bond acceptors (Lipinski definition) is 4. The molecule has 6 heteroatoms. The lowest BCUT2D eigenvalue weighted by Gasteiger charge is -2.33. The molecule has 0 aromatic carbocycles. The molecule has 0 aromatic rings. The molecule has 1 heterocycles. The molecule has 1 amide bonds. The van der Waals surface area contributed by atoms with Crippen LogP contribution in [0, 0.1) is 11.3 Å². The molecule has 0 unspecified atom stereocenters. The van der Waals surface area contributed by atoms with Crippen molar-refractivity contribution in [2.24, 2.45) is 11.3 Å². The first kappa shape index (κ1) is 15.8. The number of carboxylic acid groups (broad SMARTS) is 1. The smallest absolute Gasteiger partial charge is 0.410 e. The summed E-state index contributed by atoms with van der Waals surface area (Å²) < 4.78 is 5.30. The van der Waals surface area contributed by atoms with Gasteiger partial charge in [0.1, 0.15) is 11.0 Å². The highest BCUT2D eigenvalue weighted by Crippen LogP contribution is 2.49. The van der Waals surface area contributed by atoms with E-state index in [1.165, 1.54) is 0 Å². The summed E-state index contributed by atoms with van der Waals surface area (Å²) in [7, 11) is 0. The Hall–Kier alpha value is -1.59. The van der Waals surface area contributed by atoms with Gasteiger partial charge in [-0.15, -0.1) is 0 Å². The molecule has 118 valence electrons. The van der Waals surface area contributed by atoms with Gasteiger partial charge in [0.25, 0.3) is 0 Å². The van der Waals surface area contributed by atoms with E-state index in [9.17, 15) is 14.4 Å². The van der Waals surface area contributed by atoms with Crippen LogP contribution in [0.5, 0.6) is 0 Å². The first-order chi connectivity index (χ1) is 9.66. The third-order valence-electron chi connectivity index (χ3n) is 4.15. The molecule has 1 aliphatic carbocycles. The number of aliphatic carboxylic acids is 1. The van der Waals surface area contributed by atoms with Gasteiger partial charge in [-0.2, -0.15) is 0 Å². The molecule has 0 bridgehead atoms. The van der Waals surface area contributed by atoms with Gasteiger partial charge in [0, 0.05) is 19.0 Å². The molecule has 0 spiro atoms. The van der Waals surface area contributed by atoms with Gasteiger partial charge >= 0.3 is 12.1 Å². The van der Waals surface area contributed by atoms with E-state index in [-0.39, 0.29) is 17.8 Å². The van der Waals surface area contributed by atoms with Crippen molar-refractivity contribution in [3.8, 4) is 0 Å². The lowest BCUT2D eigenvalue weighted by Crippen LogP contribution is -2.44. The molecule has 0 atom stereocenters. The topological polar surface area (TPSA) is 83.9 Å². The van der Waals surface area contributed by atoms with Gasteiger partial charge in [0.2, 0.25) is 0 Å². The summed E-state index contributed by atoms with van der Waals surface area (Å²) in [4.78, 5) is 37.0. The van der Waals surface area contributed by atoms with Crippen LogP contribution < -0.4 is 0 Å². The second-order valence-corrected chi connectivity index (χ2v) is 6.99. The molecule has 2 fully saturated rings. The molecule has 0 aromatic heterocycles. The highest BCUT2D eigenvalue weighted by molar-refractivity contribution is 6.07. The Kier molecular flexibility index (Phi) is 4.00. The van der Waals surface area contributed by atoms with Crippen LogP contribution in [0.2, 0.25) is 0 Å². The molecule has 21 heavy (non-hydrogen) atoms. The molecular formula is C15H23NO5. The first-order valence-electron chi connectivity index (χ1n) is 7.41. The van der Waals surface area contributed by atoms with Crippen LogP contribution in [0.3, 0.4) is 0 Å². The average molecular weight is 297 g/mol. The van der Waals surface area contributed by atoms with E-state index in [1.54, 1.807) is 4.90 Å². The monoisotopic (exact) mass is 297 g/mol. The number of amides is 1. The molecule has 2 aliphatic rings. The second kappa shape index (κ2) is 5.31. The van der Waals surface area contributed by atoms with Gasteiger partial charge in [0.05, 0.1) is 0 Å². The highest BCUT2D eigenvalue weighted by Gasteiger charge is 2.58. The number of ketones is 1. The molecule has 6 nitrogen and oxygen atoms in total. The maximum Gasteiger partial charge on any atom is 0.410 e. The molecular weight excluding hydrogens is 274 g/mol. The summed E-state index contributed by atoms with van der Waals surface area (Å²) in [6.45, 7) is 6.32. The van der Waals surface area contributed by atoms with Gasteiger partial charge in [-0.05, 0) is 46.5 Å². The number of ether oxygens (including phenoxy) is 1. The predicted octanol–water partition coefficient (Wildman–Crippen LogP) is 2.07. The quantitative estimate of drug-likeness (QED) is 0.806. The van der Waals surface area contributed by atoms with Crippen molar-refractivity contribution >= 4 is 17.8 Å². The number of rotatable bonds is 3. The maximum absolute atomic E-state index is 12.3. The summed E-state index contributed by atoms with van der Waals surface area (Å²) >= 11 is 0. The van der Waals surface area contributed by atoms with E-state index in [1.807, 2.05) is 20.8 Å². The van der Waals surface area contributed by atoms with Gasteiger partial charge in [-0.3, -0.25) is 9.59 Å². The minimum absolute atomic E-state index is 0.154. The molecule has 2 rings (SSSR count). The number of carbonyl (C=O) groups is 3. The zero-order valence-corrected chi connectivity index (χ0v) is 12.8. The molecule has 1 saturated heterocycles. The lowest BCUT2D eigenvalue weighted by molar-refractivity contribution is -0.150. The zero-order valence-electron chi connectivity index (χ0n) is 12.8. The second-order valence-electron chi connectivity index (χ2n) is 6.99. The molecule has 0 radical (unpaired) electrons. The van der Waals surface area contributed by atoms with E-state index < -0.39 is 17.0 Å². The van der Waals surface area contributed by atoms with Gasteiger partial charge in [-0.1, -0.05) is 0 Å². The number of carboxylic acids is 1. The van der Waals surface area contributed by atoms with Crippen molar-refractivity contribution in [2.45, 2.75) is 52.1 Å². The largest absolute Gasteiger partial charge is 0.480 e. The van der Waals surface area contributed by atoms with Crippen LogP contribution in [0.4, 0.5) is 4.79 Å². The highest BCUT2D eigenvalue weighted by atomic mass is 16.6. The number of likely N-dealkylation sites (tertiary alicyclic amines) is 1. The molecule has 1 N–H and O–H groups in total. The van der Waals surface area contributed by atoms with Crippen molar-refractivity contribution in [1.29, 1.82) is 0 Å². The minimum Gasteiger partial charge on any atom is -0.480 e. The fourth-order valence-electron chi connectivity index (χ4n) is 2.73. The van der Waals surface area contributed by atoms with Crippen LogP contribution in [0.15, 0.2) is 0 Å². The van der Waals surface area contributed by atoms with E-state index in [0.29, 0.717) is 38.8 Å². The third-order valence-corrected chi connectivity index (χ3v) is 4.15. The number of nitrogens with zero attached hydrogens (tertiary/aromatic N) is 1. The van der Waals surface area contributed by atoms with Gasteiger partial charge in [0.15, 0.2) is 5.78 Å². The van der Waals surface area contributed by atoms with Crippen LogP contribution in [-0.2, 0) is 14.3 Å². The Morgan fingerprint density at radius 2 is 1.67 bits per heavy atom. The van der Waals surface area contributed by atoms with Crippen molar-refractivity contribution < 1.29 is 24.2 Å². The normalized spacial score (nSPS) is 21.8.